The summed E-state index contributed by atoms with van der Waals surface area (Å²) in [7, 11) is 0. The van der Waals surface area contributed by atoms with Gasteiger partial charge in [0, 0.05) is 41.2 Å². The first-order valence-electron chi connectivity index (χ1n) is 10.6. The second-order valence-corrected chi connectivity index (χ2v) is 8.50. The van der Waals surface area contributed by atoms with Crippen LogP contribution in [0.2, 0.25) is 0 Å². The molecule has 5 nitrogen and oxygen atoms in total. The second kappa shape index (κ2) is 9.41. The van der Waals surface area contributed by atoms with Gasteiger partial charge in [-0.05, 0) is 41.8 Å². The highest BCUT2D eigenvalue weighted by atomic mass is 32.1. The summed E-state index contributed by atoms with van der Waals surface area (Å²) in [5, 5.41) is 3.08. The molecule has 0 fully saturated rings. The summed E-state index contributed by atoms with van der Waals surface area (Å²) in [5.41, 5.74) is 2.51. The summed E-state index contributed by atoms with van der Waals surface area (Å²) in [6, 6.07) is 19.8. The minimum atomic E-state index is -0.506. The van der Waals surface area contributed by atoms with Gasteiger partial charge in [-0.25, -0.2) is 14.2 Å². The lowest BCUT2D eigenvalue weighted by molar-refractivity contribution is 0.476. The number of hydrogen-bond acceptors (Lipinski definition) is 6. The molecule has 2 heterocycles. The topological polar surface area (TPSA) is 64.7 Å². The zero-order valence-electron chi connectivity index (χ0n) is 18.2. The van der Waals surface area contributed by atoms with Gasteiger partial charge < -0.3 is 9.15 Å². The number of rotatable bonds is 6. The van der Waals surface area contributed by atoms with E-state index in [0.717, 1.165) is 16.5 Å². The molecule has 0 saturated carbocycles. The predicted octanol–water partition coefficient (Wildman–Crippen LogP) is 6.83. The maximum absolute atomic E-state index is 15.2. The van der Waals surface area contributed by atoms with Gasteiger partial charge in [-0.2, -0.15) is 0 Å². The van der Waals surface area contributed by atoms with Gasteiger partial charge in [-0.1, -0.05) is 53.8 Å². The zero-order chi connectivity index (χ0) is 23.5. The molecule has 0 unspecified atom stereocenters. The van der Waals surface area contributed by atoms with Crippen LogP contribution < -0.4 is 10.4 Å². The van der Waals surface area contributed by atoms with Crippen LogP contribution >= 0.6 is 11.3 Å². The number of thiazole rings is 1. The van der Waals surface area contributed by atoms with Crippen molar-refractivity contribution in [1.29, 1.82) is 0 Å². The van der Waals surface area contributed by atoms with Crippen molar-refractivity contribution in [1.82, 2.24) is 4.98 Å². The Bertz CT molecular complexity index is 1540. The van der Waals surface area contributed by atoms with Gasteiger partial charge in [0.05, 0.1) is 5.69 Å². The lowest BCUT2D eigenvalue weighted by atomic mass is 9.99. The number of aliphatic imine (C=N–C) groups is 1. The lowest BCUT2D eigenvalue weighted by Crippen LogP contribution is -2.11. The van der Waals surface area contributed by atoms with Crippen LogP contribution in [0.5, 0.6) is 10.9 Å². The molecule has 0 atom stereocenters. The summed E-state index contributed by atoms with van der Waals surface area (Å²) in [5.74, 6) is 0.0635. The number of fused-ring (bicyclic) bond motifs is 1. The SMILES string of the molecule is Cc1c(Cc2cccc(/N=C\c3ccccc3)c2F)c(=O)oc2cc(Oc3nccs3)ccc12. The first-order valence-corrected chi connectivity index (χ1v) is 11.5. The highest BCUT2D eigenvalue weighted by Gasteiger charge is 2.16. The van der Waals surface area contributed by atoms with E-state index in [2.05, 4.69) is 9.98 Å². The highest BCUT2D eigenvalue weighted by Crippen LogP contribution is 2.30. The Labute approximate surface area is 198 Å². The van der Waals surface area contributed by atoms with E-state index in [1.165, 1.54) is 11.3 Å². The molecule has 0 aliphatic carbocycles. The van der Waals surface area contributed by atoms with Crippen LogP contribution in [-0.2, 0) is 6.42 Å². The molecule has 5 rings (SSSR count). The van der Waals surface area contributed by atoms with Gasteiger partial charge in [0.2, 0.25) is 0 Å². The van der Waals surface area contributed by atoms with Crippen molar-refractivity contribution >= 4 is 34.2 Å². The minimum absolute atomic E-state index is 0.0992. The molecule has 3 aromatic carbocycles. The third kappa shape index (κ3) is 4.51. The molecule has 0 aliphatic rings. The van der Waals surface area contributed by atoms with E-state index in [-0.39, 0.29) is 12.1 Å². The number of aryl methyl sites for hydroxylation is 1. The molecule has 0 aliphatic heterocycles. The molecule has 34 heavy (non-hydrogen) atoms. The highest BCUT2D eigenvalue weighted by molar-refractivity contribution is 7.11. The second-order valence-electron chi connectivity index (χ2n) is 7.65. The minimum Gasteiger partial charge on any atom is -0.431 e. The summed E-state index contributed by atoms with van der Waals surface area (Å²) in [4.78, 5) is 21.2. The zero-order valence-corrected chi connectivity index (χ0v) is 19.0. The Morgan fingerprint density at radius 2 is 1.97 bits per heavy atom. The van der Waals surface area contributed by atoms with Gasteiger partial charge in [0.25, 0.3) is 5.19 Å². The molecule has 2 aromatic heterocycles. The fourth-order valence-corrected chi connectivity index (χ4v) is 4.18. The molecule has 0 spiro atoms. The molecule has 0 amide bonds. The summed E-state index contributed by atoms with van der Waals surface area (Å²) >= 11 is 1.37. The third-order valence-corrected chi connectivity index (χ3v) is 6.10. The van der Waals surface area contributed by atoms with E-state index in [0.29, 0.717) is 27.7 Å². The lowest BCUT2D eigenvalue weighted by Gasteiger charge is -2.10. The van der Waals surface area contributed by atoms with Gasteiger partial charge in [-0.3, -0.25) is 4.99 Å². The van der Waals surface area contributed by atoms with Crippen molar-refractivity contribution in [3.63, 3.8) is 0 Å². The van der Waals surface area contributed by atoms with Gasteiger partial charge in [-0.15, -0.1) is 0 Å². The summed E-state index contributed by atoms with van der Waals surface area (Å²) in [6.45, 7) is 1.84. The van der Waals surface area contributed by atoms with Crippen LogP contribution in [0.15, 0.2) is 92.5 Å². The first-order chi connectivity index (χ1) is 16.6. The van der Waals surface area contributed by atoms with Gasteiger partial charge in [0.15, 0.2) is 5.82 Å². The Balaban J connectivity index is 1.45. The average Bonchev–Trinajstić information content (AvgIpc) is 3.35. The number of halogens is 1. The van der Waals surface area contributed by atoms with E-state index >= 15 is 4.39 Å². The standard InChI is InChI=1S/C27H19FN2O3S/c1-17-21-11-10-20(32-27-29-12-13-34-27)15-24(21)33-26(31)22(17)14-19-8-5-9-23(25(19)28)30-16-18-6-3-2-4-7-18/h2-13,15-16H,14H2,1H3/b30-16-. The molecular weight excluding hydrogens is 451 g/mol. The van der Waals surface area contributed by atoms with E-state index in [1.807, 2.05) is 48.7 Å². The summed E-state index contributed by atoms with van der Waals surface area (Å²) < 4.78 is 26.5. The molecule has 0 bridgehead atoms. The van der Waals surface area contributed by atoms with Crippen LogP contribution in [0.3, 0.4) is 0 Å². The quantitative estimate of drug-likeness (QED) is 0.202. The predicted molar refractivity (Wildman–Crippen MR) is 132 cm³/mol. The average molecular weight is 471 g/mol. The number of benzene rings is 3. The fraction of sp³-hybridized carbons (Fsp3) is 0.0741. The molecule has 7 heteroatoms. The van der Waals surface area contributed by atoms with Crippen molar-refractivity contribution in [2.45, 2.75) is 13.3 Å². The number of hydrogen-bond donors (Lipinski definition) is 0. The molecule has 5 aromatic rings. The Hall–Kier alpha value is -4.10. The van der Waals surface area contributed by atoms with Crippen molar-refractivity contribution < 1.29 is 13.5 Å². The fourth-order valence-electron chi connectivity index (χ4n) is 3.68. The summed E-state index contributed by atoms with van der Waals surface area (Å²) in [6.07, 6.45) is 3.36. The van der Waals surface area contributed by atoms with Crippen LogP contribution in [0, 0.1) is 12.7 Å². The van der Waals surface area contributed by atoms with Crippen LogP contribution in [0.1, 0.15) is 22.3 Å². The maximum atomic E-state index is 15.2. The normalized spacial score (nSPS) is 11.4. The number of nitrogens with zero attached hydrogens (tertiary/aromatic N) is 2. The Kier molecular flexibility index (Phi) is 6.01. The van der Waals surface area contributed by atoms with Crippen molar-refractivity contribution in [3.05, 3.63) is 117 Å². The molecule has 0 N–H and O–H groups in total. The monoisotopic (exact) mass is 470 g/mol. The number of aromatic nitrogens is 1. The Morgan fingerprint density at radius 3 is 2.76 bits per heavy atom. The van der Waals surface area contributed by atoms with E-state index in [4.69, 9.17) is 9.15 Å². The first kappa shape index (κ1) is 21.7. The Morgan fingerprint density at radius 1 is 1.12 bits per heavy atom. The van der Waals surface area contributed by atoms with E-state index in [1.54, 1.807) is 42.7 Å². The molecule has 0 saturated heterocycles. The largest absolute Gasteiger partial charge is 0.431 e. The van der Waals surface area contributed by atoms with Crippen molar-refractivity contribution in [3.8, 4) is 10.9 Å². The van der Waals surface area contributed by atoms with Crippen LogP contribution in [0.4, 0.5) is 10.1 Å². The van der Waals surface area contributed by atoms with Crippen LogP contribution in [0.25, 0.3) is 11.0 Å². The van der Waals surface area contributed by atoms with Crippen molar-refractivity contribution in [2.24, 2.45) is 4.99 Å². The number of ether oxygens (including phenoxy) is 1. The smallest absolute Gasteiger partial charge is 0.340 e. The van der Waals surface area contributed by atoms with Gasteiger partial charge in [0.1, 0.15) is 11.3 Å². The molecule has 0 radical (unpaired) electrons. The maximum Gasteiger partial charge on any atom is 0.340 e. The van der Waals surface area contributed by atoms with E-state index < -0.39 is 11.4 Å². The van der Waals surface area contributed by atoms with Crippen molar-refractivity contribution in [2.75, 3.05) is 0 Å². The van der Waals surface area contributed by atoms with E-state index in [9.17, 15) is 4.79 Å². The molecule has 168 valence electrons. The van der Waals surface area contributed by atoms with Gasteiger partial charge >= 0.3 is 5.63 Å². The van der Waals surface area contributed by atoms with Crippen LogP contribution in [-0.4, -0.2) is 11.2 Å². The third-order valence-electron chi connectivity index (χ3n) is 5.45. The molecular formula is C27H19FN2O3S.